The van der Waals surface area contributed by atoms with Crippen LogP contribution in [-0.2, 0) is 70.3 Å². The zero-order valence-electron chi connectivity index (χ0n) is 27.2. The average molecular weight is 673 g/mol. The lowest BCUT2D eigenvalue weighted by atomic mass is 9.95. The van der Waals surface area contributed by atoms with Crippen molar-refractivity contribution in [3.63, 3.8) is 0 Å². The van der Waals surface area contributed by atoms with E-state index in [0.717, 1.165) is 20.8 Å². The Morgan fingerprint density at radius 3 is 1.79 bits per heavy atom. The molecule has 0 radical (unpaired) electrons. The molecule has 48 heavy (non-hydrogen) atoms. The van der Waals surface area contributed by atoms with Gasteiger partial charge in [0.2, 0.25) is 5.91 Å². The first-order chi connectivity index (χ1) is 22.8. The quantitative estimate of drug-likeness (QED) is 0.219. The molecule has 2 N–H and O–H groups in total. The monoisotopic (exact) mass is 672 g/mol. The molecule has 0 unspecified atom stereocenters. The Morgan fingerprint density at radius 2 is 1.27 bits per heavy atom. The van der Waals surface area contributed by atoms with E-state index >= 15 is 0 Å². The molecule has 0 saturated carbocycles. The molecule has 2 aromatic carbocycles. The number of amides is 2. The zero-order chi connectivity index (χ0) is 35.2. The fourth-order valence-electron chi connectivity index (χ4n) is 4.78. The van der Waals surface area contributed by atoms with Gasteiger partial charge in [0.15, 0.2) is 24.5 Å². The van der Waals surface area contributed by atoms with Crippen LogP contribution in [0.25, 0.3) is 0 Å². The van der Waals surface area contributed by atoms with E-state index in [4.69, 9.17) is 33.2 Å². The summed E-state index contributed by atoms with van der Waals surface area (Å²) in [5, 5.41) is 5.05. The first-order valence-electron chi connectivity index (χ1n) is 15.1. The number of hydrogen-bond donors (Lipinski definition) is 2. The standard InChI is InChI=1S/C33H40N2O13/c1-19(27(31(40)43-16-24-12-8-6-9-13-24)35-33(41)44-17-25-14-10-7-11-15-25)45-32-28(34-20(2)36)30(47-23(5)39)29(46-22(4)38)26(48-32)18-42-21(3)37/h6-15,19,26-30,32H,16-18H2,1-5H3,(H,34,36)(H,35,41)/t19-,26-,27+,28-,29+,30-,32+/m1/s1. The predicted octanol–water partition coefficient (Wildman–Crippen LogP) is 2.09. The van der Waals surface area contributed by atoms with E-state index in [9.17, 15) is 28.8 Å². The van der Waals surface area contributed by atoms with Crippen molar-refractivity contribution in [2.75, 3.05) is 6.61 Å². The number of carbonyl (C=O) groups is 6. The highest BCUT2D eigenvalue weighted by Gasteiger charge is 2.52. The van der Waals surface area contributed by atoms with Gasteiger partial charge >= 0.3 is 30.0 Å². The van der Waals surface area contributed by atoms with Crippen molar-refractivity contribution in [1.82, 2.24) is 10.6 Å². The molecule has 0 aromatic heterocycles. The molecular formula is C33H40N2O13. The first kappa shape index (κ1) is 37.4. The van der Waals surface area contributed by atoms with E-state index in [-0.39, 0.29) is 13.2 Å². The SMILES string of the molecule is CC(=O)N[C@H]1[C@@H](O[C@H](C)[C@H](NC(=O)OCc2ccccc2)C(=O)OCc2ccccc2)O[C@H](COC(C)=O)[C@H](OC(C)=O)[C@@H]1OC(C)=O. The molecule has 15 nitrogen and oxygen atoms in total. The second kappa shape index (κ2) is 18.4. The zero-order valence-corrected chi connectivity index (χ0v) is 27.2. The lowest BCUT2D eigenvalue weighted by molar-refractivity contribution is -0.288. The normalized spacial score (nSPS) is 21.4. The van der Waals surface area contributed by atoms with Crippen LogP contribution in [-0.4, -0.2) is 85.3 Å². The van der Waals surface area contributed by atoms with Crippen LogP contribution in [0, 0.1) is 0 Å². The molecule has 2 aromatic rings. The minimum atomic E-state index is -1.51. The van der Waals surface area contributed by atoms with Crippen molar-refractivity contribution in [2.24, 2.45) is 0 Å². The van der Waals surface area contributed by atoms with Crippen LogP contribution in [0.4, 0.5) is 4.79 Å². The van der Waals surface area contributed by atoms with Crippen molar-refractivity contribution in [2.45, 2.75) is 90.6 Å². The van der Waals surface area contributed by atoms with Crippen LogP contribution in [0.1, 0.15) is 45.7 Å². The molecule has 1 aliphatic rings. The molecule has 1 heterocycles. The van der Waals surface area contributed by atoms with Crippen LogP contribution in [0.15, 0.2) is 60.7 Å². The number of rotatable bonds is 14. The third-order valence-electron chi connectivity index (χ3n) is 6.85. The Hall–Kier alpha value is -5.02. The molecule has 2 amide bonds. The van der Waals surface area contributed by atoms with Crippen molar-refractivity contribution < 1.29 is 61.9 Å². The van der Waals surface area contributed by atoms with Gasteiger partial charge in [-0.3, -0.25) is 19.2 Å². The van der Waals surface area contributed by atoms with Gasteiger partial charge in [0, 0.05) is 27.7 Å². The predicted molar refractivity (Wildman–Crippen MR) is 164 cm³/mol. The summed E-state index contributed by atoms with van der Waals surface area (Å²) >= 11 is 0. The molecular weight excluding hydrogens is 632 g/mol. The number of benzene rings is 2. The lowest BCUT2D eigenvalue weighted by Gasteiger charge is -2.45. The molecule has 7 atom stereocenters. The second-order valence-electron chi connectivity index (χ2n) is 10.8. The highest BCUT2D eigenvalue weighted by atomic mass is 16.7. The summed E-state index contributed by atoms with van der Waals surface area (Å²) in [5.41, 5.74) is 1.38. The maximum atomic E-state index is 13.4. The first-order valence-corrected chi connectivity index (χ1v) is 15.1. The van der Waals surface area contributed by atoms with Crippen molar-refractivity contribution in [3.05, 3.63) is 71.8 Å². The fraction of sp³-hybridized carbons (Fsp3) is 0.455. The van der Waals surface area contributed by atoms with Crippen molar-refractivity contribution >= 4 is 35.9 Å². The molecule has 1 aliphatic heterocycles. The summed E-state index contributed by atoms with van der Waals surface area (Å²) in [7, 11) is 0. The largest absolute Gasteiger partial charge is 0.463 e. The molecule has 0 spiro atoms. The number of nitrogens with one attached hydrogen (secondary N) is 2. The number of ether oxygens (including phenoxy) is 7. The minimum Gasteiger partial charge on any atom is -0.463 e. The van der Waals surface area contributed by atoms with Gasteiger partial charge < -0.3 is 43.8 Å². The highest BCUT2D eigenvalue weighted by molar-refractivity contribution is 5.82. The van der Waals surface area contributed by atoms with E-state index in [1.165, 1.54) is 13.8 Å². The Morgan fingerprint density at radius 1 is 0.729 bits per heavy atom. The van der Waals surface area contributed by atoms with Gasteiger partial charge in [-0.15, -0.1) is 0 Å². The van der Waals surface area contributed by atoms with Crippen molar-refractivity contribution in [1.29, 1.82) is 0 Å². The summed E-state index contributed by atoms with van der Waals surface area (Å²) in [6.07, 6.45) is -7.70. The Kier molecular flexibility index (Phi) is 14.3. The van der Waals surface area contributed by atoms with Gasteiger partial charge in [0.05, 0.1) is 6.10 Å². The number of alkyl carbamates (subject to hydrolysis) is 1. The van der Waals surface area contributed by atoms with E-state index in [1.807, 2.05) is 0 Å². The van der Waals surface area contributed by atoms with Crippen LogP contribution in [0.3, 0.4) is 0 Å². The van der Waals surface area contributed by atoms with Gasteiger partial charge in [0.1, 0.15) is 32.0 Å². The molecule has 0 bridgehead atoms. The number of esters is 4. The maximum absolute atomic E-state index is 13.4. The fourth-order valence-corrected chi connectivity index (χ4v) is 4.78. The van der Waals surface area contributed by atoms with Gasteiger partial charge in [-0.05, 0) is 18.1 Å². The maximum Gasteiger partial charge on any atom is 0.408 e. The van der Waals surface area contributed by atoms with Crippen molar-refractivity contribution in [3.8, 4) is 0 Å². The number of carbonyl (C=O) groups excluding carboxylic acids is 6. The van der Waals surface area contributed by atoms with Crippen LogP contribution < -0.4 is 10.6 Å². The van der Waals surface area contributed by atoms with Crippen LogP contribution in [0.2, 0.25) is 0 Å². The molecule has 3 rings (SSSR count). The third-order valence-corrected chi connectivity index (χ3v) is 6.85. The van der Waals surface area contributed by atoms with Gasteiger partial charge in [-0.25, -0.2) is 9.59 Å². The Balaban J connectivity index is 1.90. The van der Waals surface area contributed by atoms with E-state index < -0.39 is 85.3 Å². The lowest BCUT2D eigenvalue weighted by Crippen LogP contribution is -2.67. The summed E-state index contributed by atoms with van der Waals surface area (Å²) in [6.45, 7) is 5.31. The highest BCUT2D eigenvalue weighted by Crippen LogP contribution is 2.29. The molecule has 15 heteroatoms. The van der Waals surface area contributed by atoms with Gasteiger partial charge in [0.25, 0.3) is 0 Å². The topological polar surface area (TPSA) is 191 Å². The van der Waals surface area contributed by atoms with Crippen LogP contribution >= 0.6 is 0 Å². The summed E-state index contributed by atoms with van der Waals surface area (Å²) in [5.74, 6) is -3.73. The summed E-state index contributed by atoms with van der Waals surface area (Å²) in [4.78, 5) is 74.5. The number of hydrogen-bond acceptors (Lipinski definition) is 13. The Bertz CT molecular complexity index is 1400. The van der Waals surface area contributed by atoms with E-state index in [1.54, 1.807) is 60.7 Å². The van der Waals surface area contributed by atoms with Gasteiger partial charge in [-0.2, -0.15) is 0 Å². The smallest absolute Gasteiger partial charge is 0.408 e. The molecule has 0 aliphatic carbocycles. The molecule has 1 saturated heterocycles. The minimum absolute atomic E-state index is 0.0938. The van der Waals surface area contributed by atoms with E-state index in [0.29, 0.717) is 11.1 Å². The summed E-state index contributed by atoms with van der Waals surface area (Å²) < 4.78 is 39.0. The molecule has 260 valence electrons. The van der Waals surface area contributed by atoms with Crippen LogP contribution in [0.5, 0.6) is 0 Å². The van der Waals surface area contributed by atoms with E-state index in [2.05, 4.69) is 10.6 Å². The third kappa shape index (κ3) is 12.0. The molecule has 1 fully saturated rings. The second-order valence-corrected chi connectivity index (χ2v) is 10.8. The average Bonchev–Trinajstić information content (AvgIpc) is 3.03. The Labute approximate surface area is 277 Å². The van der Waals surface area contributed by atoms with Gasteiger partial charge in [-0.1, -0.05) is 60.7 Å². The summed E-state index contributed by atoms with van der Waals surface area (Å²) in [6, 6.07) is 14.9.